The van der Waals surface area contributed by atoms with E-state index in [9.17, 15) is 10.2 Å². The highest BCUT2D eigenvalue weighted by atomic mass is 32.2. The summed E-state index contributed by atoms with van der Waals surface area (Å²) in [6.45, 7) is 7.08. The molecule has 4 nitrogen and oxygen atoms in total. The summed E-state index contributed by atoms with van der Waals surface area (Å²) in [5, 5.41) is 27.3. The van der Waals surface area contributed by atoms with Crippen molar-refractivity contribution >= 4 is 34.9 Å². The molecule has 0 amide bonds. The fourth-order valence-electron chi connectivity index (χ4n) is 0.791. The molecule has 98 valence electrons. The highest BCUT2D eigenvalue weighted by Crippen LogP contribution is 2.31. The molecule has 1 aromatic heterocycles. The number of nitrogens with zero attached hydrogens (tertiary/aromatic N) is 2. The van der Waals surface area contributed by atoms with Gasteiger partial charge in [0.15, 0.2) is 8.68 Å². The average Bonchev–Trinajstić information content (AvgIpc) is 2.57. The largest absolute Gasteiger partial charge is 0.390 e. The van der Waals surface area contributed by atoms with E-state index in [4.69, 9.17) is 0 Å². The predicted molar refractivity (Wildman–Crippen MR) is 74.0 cm³/mol. The van der Waals surface area contributed by atoms with E-state index in [0.717, 1.165) is 8.68 Å². The van der Waals surface area contributed by atoms with E-state index < -0.39 is 11.2 Å². The lowest BCUT2D eigenvalue weighted by atomic mass is 10.2. The molecule has 17 heavy (non-hydrogen) atoms. The minimum absolute atomic E-state index is 0.595. The molecule has 0 bridgehead atoms. The van der Waals surface area contributed by atoms with Gasteiger partial charge in [-0.25, -0.2) is 0 Å². The molecule has 1 heterocycles. The van der Waals surface area contributed by atoms with E-state index in [2.05, 4.69) is 10.2 Å². The summed E-state index contributed by atoms with van der Waals surface area (Å²) in [6, 6.07) is 0. The zero-order valence-electron chi connectivity index (χ0n) is 10.4. The van der Waals surface area contributed by atoms with Gasteiger partial charge >= 0.3 is 0 Å². The van der Waals surface area contributed by atoms with Crippen LogP contribution in [0.2, 0.25) is 0 Å². The van der Waals surface area contributed by atoms with E-state index in [1.165, 1.54) is 34.9 Å². The topological polar surface area (TPSA) is 66.2 Å². The molecule has 0 atom stereocenters. The molecule has 0 aromatic carbocycles. The third kappa shape index (κ3) is 7.25. The van der Waals surface area contributed by atoms with Crippen LogP contribution in [-0.4, -0.2) is 43.1 Å². The third-order valence-electron chi connectivity index (χ3n) is 1.49. The van der Waals surface area contributed by atoms with E-state index >= 15 is 0 Å². The van der Waals surface area contributed by atoms with Crippen molar-refractivity contribution in [2.24, 2.45) is 0 Å². The Bertz CT molecular complexity index is 323. The zero-order valence-corrected chi connectivity index (χ0v) is 12.9. The SMILES string of the molecule is CC(C)(O)CSc1nnc(SCC(C)(C)O)s1. The quantitative estimate of drug-likeness (QED) is 0.785. The Hall–Kier alpha value is 0.180. The normalized spacial score (nSPS) is 13.1. The number of hydrogen-bond donors (Lipinski definition) is 2. The van der Waals surface area contributed by atoms with Gasteiger partial charge in [0.1, 0.15) is 0 Å². The molecule has 0 aliphatic carbocycles. The van der Waals surface area contributed by atoms with Crippen LogP contribution in [0.1, 0.15) is 27.7 Å². The Balaban J connectivity index is 2.43. The first kappa shape index (κ1) is 15.2. The summed E-state index contributed by atoms with van der Waals surface area (Å²) in [4.78, 5) is 0. The standard InChI is InChI=1S/C10H18N2O2S3/c1-9(2,13)5-15-7-11-12-8(17-7)16-6-10(3,4)14/h13-14H,5-6H2,1-4H3. The zero-order chi connectivity index (χ0) is 13.1. The molecule has 0 unspecified atom stereocenters. The lowest BCUT2D eigenvalue weighted by molar-refractivity contribution is 0.106. The number of rotatable bonds is 6. The molecule has 0 aliphatic heterocycles. The second-order valence-electron chi connectivity index (χ2n) is 5.04. The van der Waals surface area contributed by atoms with Crippen molar-refractivity contribution < 1.29 is 10.2 Å². The van der Waals surface area contributed by atoms with Gasteiger partial charge in [0.25, 0.3) is 0 Å². The smallest absolute Gasteiger partial charge is 0.175 e. The molecule has 1 aromatic rings. The van der Waals surface area contributed by atoms with Gasteiger partial charge in [-0.15, -0.1) is 10.2 Å². The van der Waals surface area contributed by atoms with Crippen LogP contribution in [0.25, 0.3) is 0 Å². The molecule has 0 spiro atoms. The maximum absolute atomic E-state index is 9.59. The Morgan fingerprint density at radius 1 is 0.941 bits per heavy atom. The summed E-state index contributed by atoms with van der Waals surface area (Å²) in [6.07, 6.45) is 0. The first-order chi connectivity index (χ1) is 7.66. The molecule has 0 fully saturated rings. The summed E-state index contributed by atoms with van der Waals surface area (Å²) in [7, 11) is 0. The Morgan fingerprint density at radius 2 is 1.29 bits per heavy atom. The lowest BCUT2D eigenvalue weighted by Crippen LogP contribution is -2.21. The van der Waals surface area contributed by atoms with Gasteiger partial charge < -0.3 is 10.2 Å². The highest BCUT2D eigenvalue weighted by molar-refractivity contribution is 8.03. The first-order valence-electron chi connectivity index (χ1n) is 5.20. The van der Waals surface area contributed by atoms with Crippen molar-refractivity contribution in [3.63, 3.8) is 0 Å². The van der Waals surface area contributed by atoms with Gasteiger partial charge in [-0.05, 0) is 27.7 Å². The second-order valence-corrected chi connectivity index (χ2v) is 8.46. The summed E-state index contributed by atoms with van der Waals surface area (Å²) in [5.41, 5.74) is -1.40. The maximum atomic E-state index is 9.59. The van der Waals surface area contributed by atoms with Crippen molar-refractivity contribution in [3.8, 4) is 0 Å². The van der Waals surface area contributed by atoms with Crippen LogP contribution >= 0.6 is 34.9 Å². The number of aliphatic hydroxyl groups is 2. The molecular formula is C10H18N2O2S3. The summed E-state index contributed by atoms with van der Waals surface area (Å²) < 4.78 is 1.70. The van der Waals surface area contributed by atoms with Crippen LogP contribution in [0, 0.1) is 0 Å². The van der Waals surface area contributed by atoms with E-state index in [1.54, 1.807) is 27.7 Å². The van der Waals surface area contributed by atoms with Crippen LogP contribution in [0.5, 0.6) is 0 Å². The summed E-state index contributed by atoms with van der Waals surface area (Å²) >= 11 is 4.50. The predicted octanol–water partition coefficient (Wildman–Crippen LogP) is 2.26. The fourth-order valence-corrected chi connectivity index (χ4v) is 3.71. The van der Waals surface area contributed by atoms with E-state index in [-0.39, 0.29) is 0 Å². The average molecular weight is 294 g/mol. The minimum atomic E-state index is -0.698. The van der Waals surface area contributed by atoms with Crippen LogP contribution in [-0.2, 0) is 0 Å². The molecule has 7 heteroatoms. The van der Waals surface area contributed by atoms with Gasteiger partial charge in [0.2, 0.25) is 0 Å². The Kier molecular flexibility index (Phi) is 5.27. The molecule has 2 N–H and O–H groups in total. The monoisotopic (exact) mass is 294 g/mol. The van der Waals surface area contributed by atoms with Crippen molar-refractivity contribution in [1.82, 2.24) is 10.2 Å². The fraction of sp³-hybridized carbons (Fsp3) is 0.800. The molecule has 0 saturated carbocycles. The highest BCUT2D eigenvalue weighted by Gasteiger charge is 2.17. The summed E-state index contributed by atoms with van der Waals surface area (Å²) in [5.74, 6) is 1.19. The molecular weight excluding hydrogens is 276 g/mol. The van der Waals surface area contributed by atoms with Gasteiger partial charge in [0, 0.05) is 11.5 Å². The van der Waals surface area contributed by atoms with Gasteiger partial charge in [-0.2, -0.15) is 0 Å². The van der Waals surface area contributed by atoms with Gasteiger partial charge in [-0.3, -0.25) is 0 Å². The molecule has 0 saturated heterocycles. The third-order valence-corrected chi connectivity index (χ3v) is 5.56. The molecule has 1 rings (SSSR count). The lowest BCUT2D eigenvalue weighted by Gasteiger charge is -2.14. The number of aromatic nitrogens is 2. The van der Waals surface area contributed by atoms with Crippen LogP contribution in [0.4, 0.5) is 0 Å². The number of hydrogen-bond acceptors (Lipinski definition) is 7. The van der Waals surface area contributed by atoms with Crippen LogP contribution in [0.3, 0.4) is 0 Å². The Morgan fingerprint density at radius 3 is 1.59 bits per heavy atom. The van der Waals surface area contributed by atoms with Crippen molar-refractivity contribution in [3.05, 3.63) is 0 Å². The van der Waals surface area contributed by atoms with Crippen LogP contribution < -0.4 is 0 Å². The van der Waals surface area contributed by atoms with Crippen molar-refractivity contribution in [2.75, 3.05) is 11.5 Å². The number of thioether (sulfide) groups is 2. The van der Waals surface area contributed by atoms with Gasteiger partial charge in [0.05, 0.1) is 11.2 Å². The van der Waals surface area contributed by atoms with Crippen molar-refractivity contribution in [1.29, 1.82) is 0 Å². The second kappa shape index (κ2) is 5.88. The van der Waals surface area contributed by atoms with E-state index in [0.29, 0.717) is 11.5 Å². The maximum Gasteiger partial charge on any atom is 0.175 e. The molecule has 0 aliphatic rings. The minimum Gasteiger partial charge on any atom is -0.390 e. The first-order valence-corrected chi connectivity index (χ1v) is 7.98. The van der Waals surface area contributed by atoms with Gasteiger partial charge in [-0.1, -0.05) is 34.9 Å². The Labute approximate surface area is 114 Å². The van der Waals surface area contributed by atoms with Crippen molar-refractivity contribution in [2.45, 2.75) is 47.6 Å². The van der Waals surface area contributed by atoms with E-state index in [1.807, 2.05) is 0 Å². The van der Waals surface area contributed by atoms with Crippen LogP contribution in [0.15, 0.2) is 8.68 Å². The molecule has 0 radical (unpaired) electrons.